The maximum atomic E-state index is 14.7. The van der Waals surface area contributed by atoms with Gasteiger partial charge >= 0.3 is 6.18 Å². The first-order chi connectivity index (χ1) is 18.2. The summed E-state index contributed by atoms with van der Waals surface area (Å²) in [7, 11) is 0. The Kier molecular flexibility index (Phi) is 6.90. The van der Waals surface area contributed by atoms with Crippen LogP contribution in [0.25, 0.3) is 22.4 Å². The number of hydrogen-bond donors (Lipinski definition) is 0. The van der Waals surface area contributed by atoms with Crippen LogP contribution in [0, 0.1) is 0 Å². The van der Waals surface area contributed by atoms with Crippen molar-refractivity contribution in [3.8, 4) is 17.2 Å². The number of ether oxygens (including phenoxy) is 1. The van der Waals surface area contributed by atoms with Crippen LogP contribution in [0.5, 0.6) is 5.75 Å². The number of rotatable bonds is 7. The van der Waals surface area contributed by atoms with Crippen molar-refractivity contribution in [1.29, 1.82) is 0 Å². The zero-order chi connectivity index (χ0) is 27.0. The van der Waals surface area contributed by atoms with E-state index >= 15 is 0 Å². The minimum atomic E-state index is -4.92. The van der Waals surface area contributed by atoms with E-state index in [-0.39, 0.29) is 35.0 Å². The zero-order valence-electron chi connectivity index (χ0n) is 19.7. The first-order valence-corrected chi connectivity index (χ1v) is 12.2. The molecule has 38 heavy (non-hydrogen) atoms. The van der Waals surface area contributed by atoms with E-state index in [2.05, 4.69) is 10.2 Å². The van der Waals surface area contributed by atoms with Crippen molar-refractivity contribution in [2.45, 2.75) is 19.6 Å². The van der Waals surface area contributed by atoms with Gasteiger partial charge < -0.3 is 13.7 Å². The van der Waals surface area contributed by atoms with Crippen LogP contribution in [0.4, 0.5) is 13.2 Å². The number of carbonyl (C=O) groups is 1. The van der Waals surface area contributed by atoms with E-state index in [1.165, 1.54) is 30.3 Å². The Hall–Kier alpha value is -3.82. The number of aromatic nitrogens is 3. The lowest BCUT2D eigenvalue weighted by Crippen LogP contribution is -2.19. The second kappa shape index (κ2) is 10.2. The first-order valence-electron chi connectivity index (χ1n) is 11.4. The maximum absolute atomic E-state index is 14.7. The zero-order valence-corrected chi connectivity index (χ0v) is 21.2. The molecule has 194 valence electrons. The lowest BCUT2D eigenvalue weighted by Gasteiger charge is -2.15. The van der Waals surface area contributed by atoms with Gasteiger partial charge in [0.1, 0.15) is 11.4 Å². The van der Waals surface area contributed by atoms with E-state index in [0.717, 1.165) is 4.57 Å². The predicted molar refractivity (Wildman–Crippen MR) is 137 cm³/mol. The number of nitrogens with zero attached hydrogens (tertiary/aromatic N) is 3. The number of benzene rings is 3. The average molecular weight is 560 g/mol. The number of fused-ring (bicyclic) bond motifs is 1. The second-order valence-electron chi connectivity index (χ2n) is 8.26. The molecule has 0 amide bonds. The summed E-state index contributed by atoms with van der Waals surface area (Å²) in [6.07, 6.45) is -4.92. The normalized spacial score (nSPS) is 11.7. The number of ketones is 1. The minimum Gasteiger partial charge on any atom is -0.494 e. The smallest absolute Gasteiger partial charge is 0.432 e. The van der Waals surface area contributed by atoms with E-state index in [4.69, 9.17) is 32.4 Å². The van der Waals surface area contributed by atoms with Gasteiger partial charge in [-0.25, -0.2) is 0 Å². The molecule has 11 heteroatoms. The van der Waals surface area contributed by atoms with E-state index in [1.807, 2.05) is 0 Å². The highest BCUT2D eigenvalue weighted by atomic mass is 35.5. The van der Waals surface area contributed by atoms with Crippen LogP contribution in [0.3, 0.4) is 0 Å². The van der Waals surface area contributed by atoms with Gasteiger partial charge in [0, 0.05) is 33.1 Å². The van der Waals surface area contributed by atoms with Gasteiger partial charge in [-0.2, -0.15) is 13.2 Å². The molecule has 0 radical (unpaired) electrons. The molecule has 0 aliphatic heterocycles. The van der Waals surface area contributed by atoms with Crippen LogP contribution in [0.15, 0.2) is 71.1 Å². The summed E-state index contributed by atoms with van der Waals surface area (Å²) in [6, 6.07) is 17.5. The third kappa shape index (κ3) is 4.87. The Labute approximate surface area is 224 Å². The molecule has 2 aromatic heterocycles. The molecule has 0 saturated heterocycles. The fourth-order valence-corrected chi connectivity index (χ4v) is 4.69. The molecule has 0 fully saturated rings. The van der Waals surface area contributed by atoms with Crippen LogP contribution in [-0.4, -0.2) is 27.2 Å². The van der Waals surface area contributed by atoms with Gasteiger partial charge in [-0.15, -0.1) is 10.2 Å². The molecule has 0 spiro atoms. The van der Waals surface area contributed by atoms with E-state index in [1.54, 1.807) is 43.3 Å². The van der Waals surface area contributed by atoms with Crippen molar-refractivity contribution in [2.24, 2.45) is 0 Å². The summed E-state index contributed by atoms with van der Waals surface area (Å²) in [5, 5.41) is 8.19. The van der Waals surface area contributed by atoms with Gasteiger partial charge in [0.15, 0.2) is 0 Å². The van der Waals surface area contributed by atoms with E-state index in [0.29, 0.717) is 21.9 Å². The molecule has 0 aliphatic rings. The Morgan fingerprint density at radius 3 is 2.47 bits per heavy atom. The van der Waals surface area contributed by atoms with Gasteiger partial charge in [-0.1, -0.05) is 47.5 Å². The largest absolute Gasteiger partial charge is 0.494 e. The standard InChI is InChI=1S/C27H18Cl2F3N3O3/c1-2-37-18-10-11-21-19(13-18)22(23(36)26-34-33-25(38-26)15-6-4-3-5-7-15)24(27(30,31)32)35(21)14-16-8-9-17(28)12-20(16)29/h3-13H,2,14H2,1H3. The van der Waals surface area contributed by atoms with Crippen LogP contribution in [-0.2, 0) is 12.7 Å². The number of hydrogen-bond acceptors (Lipinski definition) is 5. The molecule has 0 bridgehead atoms. The summed E-state index contributed by atoms with van der Waals surface area (Å²) < 4.78 is 56.1. The highest BCUT2D eigenvalue weighted by Crippen LogP contribution is 2.41. The number of alkyl halides is 3. The quantitative estimate of drug-likeness (QED) is 0.191. The molecule has 5 aromatic rings. The average Bonchev–Trinajstić information content (AvgIpc) is 3.49. The molecule has 0 aliphatic carbocycles. The van der Waals surface area contributed by atoms with Gasteiger partial charge in [0.05, 0.1) is 12.2 Å². The highest BCUT2D eigenvalue weighted by Gasteiger charge is 2.42. The minimum absolute atomic E-state index is 0.00852. The molecule has 3 aromatic carbocycles. The number of carbonyl (C=O) groups excluding carboxylic acids is 1. The number of halogens is 5. The molecular weight excluding hydrogens is 542 g/mol. The van der Waals surface area contributed by atoms with Crippen molar-refractivity contribution in [2.75, 3.05) is 6.61 Å². The fourth-order valence-electron chi connectivity index (χ4n) is 4.22. The third-order valence-electron chi connectivity index (χ3n) is 5.83. The molecular formula is C27H18Cl2F3N3O3. The summed E-state index contributed by atoms with van der Waals surface area (Å²) in [5.41, 5.74) is -0.735. The molecule has 0 unspecified atom stereocenters. The van der Waals surface area contributed by atoms with Gasteiger partial charge in [0.25, 0.3) is 11.7 Å². The first kappa shape index (κ1) is 25.8. The van der Waals surface area contributed by atoms with Gasteiger partial charge in [-0.3, -0.25) is 4.79 Å². The van der Waals surface area contributed by atoms with Crippen molar-refractivity contribution in [1.82, 2.24) is 14.8 Å². The maximum Gasteiger partial charge on any atom is 0.432 e. The molecule has 2 heterocycles. The highest BCUT2D eigenvalue weighted by molar-refractivity contribution is 6.35. The monoisotopic (exact) mass is 559 g/mol. The summed E-state index contributed by atoms with van der Waals surface area (Å²) in [6.45, 7) is 1.75. The van der Waals surface area contributed by atoms with Crippen molar-refractivity contribution in [3.63, 3.8) is 0 Å². The van der Waals surface area contributed by atoms with E-state index in [9.17, 15) is 18.0 Å². The summed E-state index contributed by atoms with van der Waals surface area (Å²) >= 11 is 12.3. The SMILES string of the molecule is CCOc1ccc2c(c1)c(C(=O)c1nnc(-c3ccccc3)o1)c(C(F)(F)F)n2Cc1ccc(Cl)cc1Cl. The predicted octanol–water partition coefficient (Wildman–Crippen LogP) is 7.69. The second-order valence-corrected chi connectivity index (χ2v) is 9.11. The summed E-state index contributed by atoms with van der Waals surface area (Å²) in [5.74, 6) is -1.32. The van der Waals surface area contributed by atoms with E-state index < -0.39 is 29.1 Å². The molecule has 0 saturated carbocycles. The Balaban J connectivity index is 1.73. The van der Waals surface area contributed by atoms with Gasteiger partial charge in [-0.05, 0) is 55.0 Å². The molecule has 0 N–H and O–H groups in total. The van der Waals surface area contributed by atoms with Crippen molar-refractivity contribution < 1.29 is 27.1 Å². The Bertz CT molecular complexity index is 1650. The van der Waals surface area contributed by atoms with Gasteiger partial charge in [0.2, 0.25) is 5.89 Å². The topological polar surface area (TPSA) is 70.2 Å². The summed E-state index contributed by atoms with van der Waals surface area (Å²) in [4.78, 5) is 13.6. The Morgan fingerprint density at radius 1 is 1.03 bits per heavy atom. The van der Waals surface area contributed by atoms with Crippen molar-refractivity contribution in [3.05, 3.63) is 99.5 Å². The Morgan fingerprint density at radius 2 is 1.79 bits per heavy atom. The molecule has 5 rings (SSSR count). The fraction of sp³-hybridized carbons (Fsp3) is 0.148. The van der Waals surface area contributed by atoms with Crippen LogP contribution in [0.1, 0.15) is 34.4 Å². The van der Waals surface area contributed by atoms with Crippen LogP contribution >= 0.6 is 23.2 Å². The van der Waals surface area contributed by atoms with Crippen molar-refractivity contribution >= 4 is 39.9 Å². The van der Waals surface area contributed by atoms with Crippen LogP contribution < -0.4 is 4.74 Å². The molecule has 6 nitrogen and oxygen atoms in total. The molecule has 0 atom stereocenters. The lowest BCUT2D eigenvalue weighted by molar-refractivity contribution is -0.143. The third-order valence-corrected chi connectivity index (χ3v) is 6.41. The van der Waals surface area contributed by atoms with Crippen LogP contribution in [0.2, 0.25) is 10.0 Å². The lowest BCUT2D eigenvalue weighted by atomic mass is 10.1.